The summed E-state index contributed by atoms with van der Waals surface area (Å²) in [5.74, 6) is 12.7. The lowest BCUT2D eigenvalue weighted by atomic mass is 10.0. The van der Waals surface area contributed by atoms with Gasteiger partial charge in [0, 0.05) is 11.1 Å². The molecule has 0 amide bonds. The summed E-state index contributed by atoms with van der Waals surface area (Å²) in [7, 11) is 0. The van der Waals surface area contributed by atoms with Crippen molar-refractivity contribution in [2.75, 3.05) is 0 Å². The third-order valence-electron chi connectivity index (χ3n) is 4.21. The van der Waals surface area contributed by atoms with Gasteiger partial charge in [0.05, 0.1) is 6.94 Å². The van der Waals surface area contributed by atoms with Crippen LogP contribution in [0.4, 0.5) is 0 Å². The summed E-state index contributed by atoms with van der Waals surface area (Å²) in [6.07, 6.45) is 1.90. The van der Waals surface area contributed by atoms with Crippen LogP contribution in [0.2, 0.25) is 0 Å². The monoisotopic (exact) mass is 355 g/mol. The predicted molar refractivity (Wildman–Crippen MR) is 119 cm³/mol. The highest BCUT2D eigenvalue weighted by atomic mass is 14.0. The first-order chi connectivity index (χ1) is 14.3. The van der Waals surface area contributed by atoms with Gasteiger partial charge in [-0.05, 0) is 52.7 Å². The van der Waals surface area contributed by atoms with Crippen molar-refractivity contribution >= 4 is 16.8 Å². The van der Waals surface area contributed by atoms with Crippen molar-refractivity contribution in [1.29, 1.82) is 0 Å². The number of fused-ring (bicyclic) bond motifs is 1. The van der Waals surface area contributed by atoms with Crippen molar-refractivity contribution in [2.45, 2.75) is 0 Å². The van der Waals surface area contributed by atoms with Gasteiger partial charge in [-0.3, -0.25) is 0 Å². The van der Waals surface area contributed by atoms with Gasteiger partial charge >= 0.3 is 0 Å². The van der Waals surface area contributed by atoms with Gasteiger partial charge in [0.1, 0.15) is 0 Å². The van der Waals surface area contributed by atoms with Crippen LogP contribution in [0.1, 0.15) is 18.1 Å². The molecule has 0 radical (unpaired) electrons. The standard InChI is InChI=1S/C28H18/c1-3-9-23(10-4-1)15-17-25(18-16-24-11-5-2-6-12-24)21-26-19-20-27-13-7-8-14-28(27)22-26/h1-14,19-22H/i22D. The molecule has 0 fully saturated rings. The molecule has 0 saturated heterocycles. The van der Waals surface area contributed by atoms with Crippen LogP contribution in [0.3, 0.4) is 0 Å². The maximum absolute atomic E-state index is 8.58. The van der Waals surface area contributed by atoms with Crippen LogP contribution in [0.25, 0.3) is 16.8 Å². The van der Waals surface area contributed by atoms with E-state index in [9.17, 15) is 0 Å². The Morgan fingerprint density at radius 1 is 0.607 bits per heavy atom. The molecule has 130 valence electrons. The third kappa shape index (κ3) is 4.59. The number of rotatable bonds is 1. The summed E-state index contributed by atoms with van der Waals surface area (Å²) in [6, 6.07) is 32.1. The lowest BCUT2D eigenvalue weighted by Crippen LogP contribution is -1.80. The summed E-state index contributed by atoms with van der Waals surface area (Å²) in [5.41, 5.74) is 3.36. The Kier molecular flexibility index (Phi) is 4.97. The number of hydrogen-bond acceptors (Lipinski definition) is 0. The van der Waals surface area contributed by atoms with Crippen molar-refractivity contribution in [3.05, 3.63) is 125 Å². The molecule has 0 saturated carbocycles. The summed E-state index contributed by atoms with van der Waals surface area (Å²) < 4.78 is 8.58. The molecule has 0 aliphatic rings. The zero-order chi connectivity index (χ0) is 19.9. The van der Waals surface area contributed by atoms with Gasteiger partial charge in [-0.2, -0.15) is 0 Å². The summed E-state index contributed by atoms with van der Waals surface area (Å²) in [4.78, 5) is 0. The Labute approximate surface area is 167 Å². The molecule has 0 N–H and O–H groups in total. The topological polar surface area (TPSA) is 0 Å². The van der Waals surface area contributed by atoms with Crippen LogP contribution >= 0.6 is 0 Å². The lowest BCUT2D eigenvalue weighted by molar-refractivity contribution is 1.64. The first-order valence-corrected chi connectivity index (χ1v) is 9.14. The van der Waals surface area contributed by atoms with Crippen LogP contribution in [0, 0.1) is 23.7 Å². The summed E-state index contributed by atoms with van der Waals surface area (Å²) in [5, 5.41) is 1.98. The van der Waals surface area contributed by atoms with Crippen molar-refractivity contribution in [3.63, 3.8) is 0 Å². The van der Waals surface area contributed by atoms with E-state index in [0.29, 0.717) is 11.6 Å². The highest BCUT2D eigenvalue weighted by Gasteiger charge is 1.96. The first kappa shape index (κ1) is 16.2. The van der Waals surface area contributed by atoms with Crippen molar-refractivity contribution in [2.24, 2.45) is 0 Å². The molecule has 4 rings (SSSR count). The van der Waals surface area contributed by atoms with Gasteiger partial charge < -0.3 is 0 Å². The van der Waals surface area contributed by atoms with E-state index in [1.807, 2.05) is 103 Å². The van der Waals surface area contributed by atoms with Gasteiger partial charge in [0.25, 0.3) is 0 Å². The third-order valence-corrected chi connectivity index (χ3v) is 4.21. The second kappa shape index (κ2) is 8.59. The van der Waals surface area contributed by atoms with E-state index in [1.54, 1.807) is 0 Å². The molecule has 28 heavy (non-hydrogen) atoms. The van der Waals surface area contributed by atoms with E-state index in [0.717, 1.165) is 27.5 Å². The van der Waals surface area contributed by atoms with Gasteiger partial charge in [0.2, 0.25) is 0 Å². The Morgan fingerprint density at radius 3 is 1.75 bits per heavy atom. The van der Waals surface area contributed by atoms with E-state index in [4.69, 9.17) is 1.37 Å². The van der Waals surface area contributed by atoms with E-state index in [-0.39, 0.29) is 0 Å². The predicted octanol–water partition coefficient (Wildman–Crippen LogP) is 6.33. The average Bonchev–Trinajstić information content (AvgIpc) is 2.79. The maximum atomic E-state index is 8.58. The SMILES string of the molecule is [2H]c1c(C=C(C#Cc2ccccc2)C#Cc2ccccc2)ccc2ccccc12. The highest BCUT2D eigenvalue weighted by Crippen LogP contribution is 2.17. The van der Waals surface area contributed by atoms with Crippen LogP contribution in [0.5, 0.6) is 0 Å². The van der Waals surface area contributed by atoms with E-state index in [1.165, 1.54) is 0 Å². The van der Waals surface area contributed by atoms with Gasteiger partial charge in [-0.15, -0.1) is 0 Å². The Balaban J connectivity index is 1.79. The van der Waals surface area contributed by atoms with Crippen molar-refractivity contribution in [3.8, 4) is 23.7 Å². The Hall–Kier alpha value is -4.00. The normalized spacial score (nSPS) is 10.1. The molecule has 0 nitrogen and oxygen atoms in total. The van der Waals surface area contributed by atoms with E-state index >= 15 is 0 Å². The molecule has 4 aromatic rings. The number of benzene rings is 4. The fourth-order valence-electron chi connectivity index (χ4n) is 2.80. The molecule has 0 spiro atoms. The zero-order valence-electron chi connectivity index (χ0n) is 16.3. The fraction of sp³-hybridized carbons (Fsp3) is 0. The quantitative estimate of drug-likeness (QED) is 0.350. The molecule has 4 aromatic carbocycles. The zero-order valence-corrected chi connectivity index (χ0v) is 15.3. The molecule has 0 aliphatic carbocycles. The van der Waals surface area contributed by atoms with Crippen molar-refractivity contribution in [1.82, 2.24) is 0 Å². The molecule has 0 aliphatic heterocycles. The van der Waals surface area contributed by atoms with E-state index < -0.39 is 0 Å². The van der Waals surface area contributed by atoms with E-state index in [2.05, 4.69) is 23.7 Å². The first-order valence-electron chi connectivity index (χ1n) is 9.64. The Bertz CT molecular complexity index is 1230. The molecule has 0 atom stereocenters. The van der Waals surface area contributed by atoms with Crippen LogP contribution in [-0.2, 0) is 0 Å². The largest absolute Gasteiger partial charge is 0.0757 e. The molecule has 0 heteroatoms. The van der Waals surface area contributed by atoms with Crippen LogP contribution in [-0.4, -0.2) is 0 Å². The molecular formula is C28H18. The van der Waals surface area contributed by atoms with Gasteiger partial charge in [-0.25, -0.2) is 0 Å². The number of hydrogen-bond donors (Lipinski definition) is 0. The van der Waals surface area contributed by atoms with Crippen molar-refractivity contribution < 1.29 is 1.37 Å². The van der Waals surface area contributed by atoms with Gasteiger partial charge in [0.15, 0.2) is 0 Å². The lowest BCUT2D eigenvalue weighted by Gasteiger charge is -1.99. The smallest absolute Gasteiger partial charge is 0.0622 e. The minimum Gasteiger partial charge on any atom is -0.0622 e. The minimum absolute atomic E-state index is 0.489. The minimum atomic E-state index is 0.489. The second-order valence-corrected chi connectivity index (χ2v) is 6.29. The number of allylic oxidation sites excluding steroid dienone is 1. The Morgan fingerprint density at radius 2 is 1.14 bits per heavy atom. The fourth-order valence-corrected chi connectivity index (χ4v) is 2.80. The van der Waals surface area contributed by atoms with Crippen LogP contribution < -0.4 is 0 Å². The summed E-state index contributed by atoms with van der Waals surface area (Å²) in [6.45, 7) is 0. The van der Waals surface area contributed by atoms with Crippen LogP contribution in [0.15, 0.2) is 109 Å². The highest BCUT2D eigenvalue weighted by molar-refractivity contribution is 5.85. The maximum Gasteiger partial charge on any atom is 0.0757 e. The molecule has 0 bridgehead atoms. The second-order valence-electron chi connectivity index (χ2n) is 6.29. The van der Waals surface area contributed by atoms with Gasteiger partial charge in [-0.1, -0.05) is 96.5 Å². The molecule has 0 aromatic heterocycles. The molecular weight excluding hydrogens is 336 g/mol. The summed E-state index contributed by atoms with van der Waals surface area (Å²) >= 11 is 0. The average molecular weight is 355 g/mol. The molecule has 0 unspecified atom stereocenters. The molecule has 0 heterocycles.